The predicted octanol–water partition coefficient (Wildman–Crippen LogP) is 2.28. The zero-order valence-corrected chi connectivity index (χ0v) is 12.9. The molecule has 118 valence electrons. The minimum absolute atomic E-state index is 0.00861. The number of carbonyl (C=O) groups excluding carboxylic acids is 1. The number of aromatic carboxylic acids is 1. The van der Waals surface area contributed by atoms with Crippen molar-refractivity contribution in [3.8, 4) is 0 Å². The van der Waals surface area contributed by atoms with E-state index in [0.717, 1.165) is 0 Å². The van der Waals surface area contributed by atoms with Gasteiger partial charge in [-0.05, 0) is 18.9 Å². The van der Waals surface area contributed by atoms with Gasteiger partial charge in [0.2, 0.25) is 0 Å². The lowest BCUT2D eigenvalue weighted by Gasteiger charge is -2.23. The summed E-state index contributed by atoms with van der Waals surface area (Å²) in [5.41, 5.74) is 1.08. The van der Waals surface area contributed by atoms with Gasteiger partial charge in [-0.15, -0.1) is 0 Å². The van der Waals surface area contributed by atoms with Crippen LogP contribution < -0.4 is 0 Å². The molecule has 1 aromatic carbocycles. The zero-order valence-electron chi connectivity index (χ0n) is 12.9. The van der Waals surface area contributed by atoms with Crippen molar-refractivity contribution in [2.75, 3.05) is 27.3 Å². The molecule has 0 amide bonds. The van der Waals surface area contributed by atoms with E-state index in [1.165, 1.54) is 6.07 Å². The molecule has 5 nitrogen and oxygen atoms in total. The zero-order chi connectivity index (χ0) is 16.1. The average Bonchev–Trinajstić information content (AvgIpc) is 2.52. The lowest BCUT2D eigenvalue weighted by molar-refractivity contribution is -0.120. The van der Waals surface area contributed by atoms with Crippen LogP contribution in [-0.4, -0.2) is 49.1 Å². The molecule has 1 fully saturated rings. The van der Waals surface area contributed by atoms with E-state index in [1.807, 2.05) is 14.1 Å². The van der Waals surface area contributed by atoms with Gasteiger partial charge in [-0.2, -0.15) is 0 Å². The van der Waals surface area contributed by atoms with E-state index >= 15 is 0 Å². The Hall–Kier alpha value is -2.14. The van der Waals surface area contributed by atoms with Gasteiger partial charge in [0.1, 0.15) is 0 Å². The highest BCUT2D eigenvalue weighted by atomic mass is 16.5. The van der Waals surface area contributed by atoms with Crippen LogP contribution in [0, 0.1) is 5.92 Å². The first-order chi connectivity index (χ1) is 10.5. The van der Waals surface area contributed by atoms with Crippen molar-refractivity contribution in [1.29, 1.82) is 0 Å². The third-order valence-corrected chi connectivity index (χ3v) is 3.69. The number of ether oxygens (including phenoxy) is 1. The summed E-state index contributed by atoms with van der Waals surface area (Å²) >= 11 is 0. The normalized spacial score (nSPS) is 16.4. The molecule has 1 aliphatic rings. The monoisotopic (exact) mass is 303 g/mol. The molecule has 1 aliphatic heterocycles. The molecule has 0 aromatic heterocycles. The fraction of sp³-hybridized carbons (Fsp3) is 0.412. The molecule has 1 heterocycles. The average molecular weight is 303 g/mol. The largest absolute Gasteiger partial charge is 0.478 e. The second-order valence-corrected chi connectivity index (χ2v) is 5.61. The van der Waals surface area contributed by atoms with E-state index < -0.39 is 5.97 Å². The molecule has 1 aromatic rings. The van der Waals surface area contributed by atoms with Gasteiger partial charge in [0.05, 0.1) is 5.56 Å². The Morgan fingerprint density at radius 2 is 1.77 bits per heavy atom. The summed E-state index contributed by atoms with van der Waals surface area (Å²) < 4.78 is 5.30. The van der Waals surface area contributed by atoms with E-state index in [2.05, 4.69) is 0 Å². The van der Waals surface area contributed by atoms with E-state index in [9.17, 15) is 14.7 Å². The molecule has 0 aliphatic carbocycles. The van der Waals surface area contributed by atoms with Gasteiger partial charge in [0, 0.05) is 50.6 Å². The standard InChI is InChI=1S/C17H21NO4/c1-18(2)11-15(16(19)12-7-9-22-10-8-12)13-5-3-4-6-14(13)17(20)21/h3-6,11-12H,7-10H2,1-2H3,(H,20,21). The lowest BCUT2D eigenvalue weighted by atomic mass is 9.86. The number of rotatable bonds is 5. The Morgan fingerprint density at radius 3 is 2.32 bits per heavy atom. The number of nitrogens with zero attached hydrogens (tertiary/aromatic N) is 1. The van der Waals surface area contributed by atoms with Gasteiger partial charge in [-0.1, -0.05) is 18.2 Å². The van der Waals surface area contributed by atoms with E-state index in [1.54, 1.807) is 29.3 Å². The predicted molar refractivity (Wildman–Crippen MR) is 83.6 cm³/mol. The van der Waals surface area contributed by atoms with Crippen molar-refractivity contribution in [2.45, 2.75) is 12.8 Å². The fourth-order valence-electron chi connectivity index (χ4n) is 2.61. The lowest BCUT2D eigenvalue weighted by Crippen LogP contribution is -2.25. The smallest absolute Gasteiger partial charge is 0.336 e. The fourth-order valence-corrected chi connectivity index (χ4v) is 2.61. The van der Waals surface area contributed by atoms with Crippen LogP contribution in [0.1, 0.15) is 28.8 Å². The quantitative estimate of drug-likeness (QED) is 0.845. The minimum atomic E-state index is -1.03. The number of benzene rings is 1. The number of hydrogen-bond donors (Lipinski definition) is 1. The number of carbonyl (C=O) groups is 2. The third-order valence-electron chi connectivity index (χ3n) is 3.69. The van der Waals surface area contributed by atoms with Gasteiger partial charge in [0.15, 0.2) is 5.78 Å². The molecule has 0 saturated carbocycles. The Balaban J connectivity index is 2.43. The maximum absolute atomic E-state index is 12.9. The first kappa shape index (κ1) is 16.2. The Kier molecular flexibility index (Phi) is 5.33. The number of allylic oxidation sites excluding steroid dienone is 1. The van der Waals surface area contributed by atoms with Crippen LogP contribution >= 0.6 is 0 Å². The second kappa shape index (κ2) is 7.22. The first-order valence-electron chi connectivity index (χ1n) is 7.33. The summed E-state index contributed by atoms with van der Waals surface area (Å²) in [5, 5.41) is 9.37. The maximum atomic E-state index is 12.9. The van der Waals surface area contributed by atoms with Crippen LogP contribution in [0.3, 0.4) is 0 Å². The molecular formula is C17H21NO4. The Bertz CT molecular complexity index is 586. The van der Waals surface area contributed by atoms with Crippen molar-refractivity contribution in [3.05, 3.63) is 41.6 Å². The Labute approximate surface area is 130 Å². The van der Waals surface area contributed by atoms with Crippen LogP contribution in [0.25, 0.3) is 5.57 Å². The number of carboxylic acid groups (broad SMARTS) is 1. The highest BCUT2D eigenvalue weighted by Gasteiger charge is 2.27. The molecule has 0 atom stereocenters. The molecular weight excluding hydrogens is 282 g/mol. The molecule has 0 spiro atoms. The highest BCUT2D eigenvalue weighted by Crippen LogP contribution is 2.27. The summed E-state index contributed by atoms with van der Waals surface area (Å²) in [4.78, 5) is 26.1. The summed E-state index contributed by atoms with van der Waals surface area (Å²) in [6.07, 6.45) is 3.07. The third kappa shape index (κ3) is 3.74. The van der Waals surface area contributed by atoms with Crippen LogP contribution in [0.2, 0.25) is 0 Å². The molecule has 0 bridgehead atoms. The van der Waals surface area contributed by atoms with Gasteiger partial charge < -0.3 is 14.7 Å². The van der Waals surface area contributed by atoms with Gasteiger partial charge in [-0.3, -0.25) is 4.79 Å². The first-order valence-corrected chi connectivity index (χ1v) is 7.33. The van der Waals surface area contributed by atoms with Crippen molar-refractivity contribution >= 4 is 17.3 Å². The van der Waals surface area contributed by atoms with Gasteiger partial charge in [0.25, 0.3) is 0 Å². The molecule has 5 heteroatoms. The summed E-state index contributed by atoms with van der Waals surface area (Å²) in [6.45, 7) is 1.15. The van der Waals surface area contributed by atoms with Crippen molar-refractivity contribution in [3.63, 3.8) is 0 Å². The van der Waals surface area contributed by atoms with Gasteiger partial charge >= 0.3 is 5.97 Å². The summed E-state index contributed by atoms with van der Waals surface area (Å²) in [5.74, 6) is -1.15. The van der Waals surface area contributed by atoms with E-state index in [4.69, 9.17) is 4.74 Å². The van der Waals surface area contributed by atoms with Crippen LogP contribution in [0.15, 0.2) is 30.5 Å². The van der Waals surface area contributed by atoms with Crippen molar-refractivity contribution in [1.82, 2.24) is 4.90 Å². The van der Waals surface area contributed by atoms with Crippen LogP contribution in [-0.2, 0) is 9.53 Å². The molecule has 2 rings (SSSR count). The number of ketones is 1. The van der Waals surface area contributed by atoms with Crippen LogP contribution in [0.5, 0.6) is 0 Å². The SMILES string of the molecule is CN(C)C=C(C(=O)C1CCOCC1)c1ccccc1C(=O)O. The van der Waals surface area contributed by atoms with E-state index in [0.29, 0.717) is 37.2 Å². The molecule has 1 saturated heterocycles. The van der Waals surface area contributed by atoms with Crippen molar-refractivity contribution in [2.24, 2.45) is 5.92 Å². The maximum Gasteiger partial charge on any atom is 0.336 e. The molecule has 0 unspecified atom stereocenters. The molecule has 22 heavy (non-hydrogen) atoms. The summed E-state index contributed by atoms with van der Waals surface area (Å²) in [6, 6.07) is 6.64. The van der Waals surface area contributed by atoms with Crippen LogP contribution in [0.4, 0.5) is 0 Å². The van der Waals surface area contributed by atoms with Gasteiger partial charge in [-0.25, -0.2) is 4.79 Å². The molecule has 0 radical (unpaired) electrons. The Morgan fingerprint density at radius 1 is 1.18 bits per heavy atom. The highest BCUT2D eigenvalue weighted by molar-refractivity contribution is 6.23. The topological polar surface area (TPSA) is 66.8 Å². The van der Waals surface area contributed by atoms with E-state index in [-0.39, 0.29) is 17.3 Å². The second-order valence-electron chi connectivity index (χ2n) is 5.61. The summed E-state index contributed by atoms with van der Waals surface area (Å²) in [7, 11) is 3.64. The molecule has 1 N–H and O–H groups in total. The number of Topliss-reactive ketones (excluding diaryl/α,β-unsaturated/α-hetero) is 1. The number of hydrogen-bond acceptors (Lipinski definition) is 4. The minimum Gasteiger partial charge on any atom is -0.478 e. The van der Waals surface area contributed by atoms with Crippen molar-refractivity contribution < 1.29 is 19.4 Å². The number of carboxylic acids is 1.